The van der Waals surface area contributed by atoms with Crippen LogP contribution in [-0.2, 0) is 11.4 Å². The Kier molecular flexibility index (Phi) is 7.39. The van der Waals surface area contributed by atoms with Crippen molar-refractivity contribution < 1.29 is 23.7 Å². The lowest BCUT2D eigenvalue weighted by molar-refractivity contribution is -0.117. The largest absolute Gasteiger partial charge is 0.490 e. The van der Waals surface area contributed by atoms with Crippen LogP contribution in [0.1, 0.15) is 38.3 Å². The topological polar surface area (TPSA) is 89.8 Å². The summed E-state index contributed by atoms with van der Waals surface area (Å²) < 4.78 is 22.4. The van der Waals surface area contributed by atoms with Gasteiger partial charge in [0.1, 0.15) is 18.2 Å². The summed E-state index contributed by atoms with van der Waals surface area (Å²) in [7, 11) is 0. The highest BCUT2D eigenvalue weighted by Gasteiger charge is 2.15. The van der Waals surface area contributed by atoms with E-state index in [1.807, 2.05) is 45.0 Å². The van der Waals surface area contributed by atoms with E-state index >= 15 is 0 Å². The number of carbonyl (C=O) groups excluding carboxylic acids is 1. The fourth-order valence-corrected chi connectivity index (χ4v) is 2.91. The molecule has 2 aromatic carbocycles. The van der Waals surface area contributed by atoms with E-state index in [4.69, 9.17) is 18.9 Å². The predicted octanol–water partition coefficient (Wildman–Crippen LogP) is 4.21. The second kappa shape index (κ2) is 10.4. The molecule has 1 N–H and O–H groups in total. The van der Waals surface area contributed by atoms with Gasteiger partial charge in [0.05, 0.1) is 6.61 Å². The van der Waals surface area contributed by atoms with Crippen LogP contribution in [0.3, 0.4) is 0 Å². The standard InChI is InChI=1S/C24H26N2O5/c1-4-16(3)26-24(27)19(13-25)10-17-6-8-20(22(11-17)28-5-2)29-14-18-7-9-21-23(12-18)31-15-30-21/h6-12,16H,4-5,14-15H2,1-3H3,(H,26,27)/b19-10+/t16-/m1/s1. The second-order valence-corrected chi connectivity index (χ2v) is 7.07. The van der Waals surface area contributed by atoms with Gasteiger partial charge in [-0.3, -0.25) is 4.79 Å². The smallest absolute Gasteiger partial charge is 0.262 e. The Hall–Kier alpha value is -3.66. The van der Waals surface area contributed by atoms with Crippen LogP contribution < -0.4 is 24.3 Å². The predicted molar refractivity (Wildman–Crippen MR) is 116 cm³/mol. The van der Waals surface area contributed by atoms with Crippen molar-refractivity contribution in [1.29, 1.82) is 5.26 Å². The number of nitrogens with one attached hydrogen (secondary N) is 1. The van der Waals surface area contributed by atoms with Gasteiger partial charge in [0.25, 0.3) is 5.91 Å². The lowest BCUT2D eigenvalue weighted by Crippen LogP contribution is -2.32. The van der Waals surface area contributed by atoms with Crippen molar-refractivity contribution in [2.45, 2.75) is 39.8 Å². The molecule has 1 atom stereocenters. The average Bonchev–Trinajstić information content (AvgIpc) is 3.24. The van der Waals surface area contributed by atoms with Crippen molar-refractivity contribution in [2.24, 2.45) is 0 Å². The van der Waals surface area contributed by atoms with Crippen molar-refractivity contribution in [3.05, 3.63) is 53.1 Å². The van der Waals surface area contributed by atoms with Gasteiger partial charge >= 0.3 is 0 Å². The maximum Gasteiger partial charge on any atom is 0.262 e. The normalized spacial score (nSPS) is 13.3. The van der Waals surface area contributed by atoms with Gasteiger partial charge in [-0.15, -0.1) is 0 Å². The van der Waals surface area contributed by atoms with Crippen LogP contribution >= 0.6 is 0 Å². The summed E-state index contributed by atoms with van der Waals surface area (Å²) in [6.07, 6.45) is 2.33. The van der Waals surface area contributed by atoms with Gasteiger partial charge < -0.3 is 24.3 Å². The number of hydrogen-bond donors (Lipinski definition) is 1. The van der Waals surface area contributed by atoms with E-state index in [1.165, 1.54) is 0 Å². The van der Waals surface area contributed by atoms with Crippen molar-refractivity contribution >= 4 is 12.0 Å². The van der Waals surface area contributed by atoms with Crippen LogP contribution in [0.4, 0.5) is 0 Å². The molecule has 1 aliphatic heterocycles. The van der Waals surface area contributed by atoms with Gasteiger partial charge in [-0.05, 0) is 61.7 Å². The van der Waals surface area contributed by atoms with Gasteiger partial charge in [0.2, 0.25) is 6.79 Å². The van der Waals surface area contributed by atoms with Gasteiger partial charge in [-0.25, -0.2) is 0 Å². The van der Waals surface area contributed by atoms with E-state index in [2.05, 4.69) is 5.32 Å². The van der Waals surface area contributed by atoms with Gasteiger partial charge in [-0.2, -0.15) is 5.26 Å². The number of carbonyl (C=O) groups is 1. The fourth-order valence-electron chi connectivity index (χ4n) is 2.91. The first-order valence-corrected chi connectivity index (χ1v) is 10.2. The number of ether oxygens (including phenoxy) is 4. The Bertz CT molecular complexity index is 1010. The molecule has 7 heteroatoms. The maximum atomic E-state index is 12.3. The summed E-state index contributed by atoms with van der Waals surface area (Å²) in [6, 6.07) is 12.9. The molecule has 1 amide bonds. The number of benzene rings is 2. The van der Waals surface area contributed by atoms with Crippen LogP contribution in [0.25, 0.3) is 6.08 Å². The third kappa shape index (κ3) is 5.70. The second-order valence-electron chi connectivity index (χ2n) is 7.07. The summed E-state index contributed by atoms with van der Waals surface area (Å²) in [5.41, 5.74) is 1.65. The lowest BCUT2D eigenvalue weighted by Gasteiger charge is -2.13. The molecule has 1 heterocycles. The Morgan fingerprint density at radius 1 is 1.16 bits per heavy atom. The zero-order valence-electron chi connectivity index (χ0n) is 17.9. The Morgan fingerprint density at radius 2 is 1.97 bits per heavy atom. The van der Waals surface area contributed by atoms with Crippen LogP contribution in [0.15, 0.2) is 42.0 Å². The van der Waals surface area contributed by atoms with Crippen LogP contribution in [0, 0.1) is 11.3 Å². The molecule has 3 rings (SSSR count). The Labute approximate surface area is 182 Å². The molecule has 0 spiro atoms. The summed E-state index contributed by atoms with van der Waals surface area (Å²) in [5, 5.41) is 12.2. The molecule has 1 aliphatic rings. The quantitative estimate of drug-likeness (QED) is 0.481. The van der Waals surface area contributed by atoms with Crippen molar-refractivity contribution in [2.75, 3.05) is 13.4 Å². The zero-order chi connectivity index (χ0) is 22.2. The molecule has 162 valence electrons. The first-order chi connectivity index (χ1) is 15.0. The Balaban J connectivity index is 1.75. The van der Waals surface area contributed by atoms with E-state index in [0.29, 0.717) is 36.0 Å². The van der Waals surface area contributed by atoms with Gasteiger partial charge in [0.15, 0.2) is 23.0 Å². The molecule has 0 aliphatic carbocycles. The van der Waals surface area contributed by atoms with Crippen LogP contribution in [0.2, 0.25) is 0 Å². The number of nitrogens with zero attached hydrogens (tertiary/aromatic N) is 1. The molecule has 7 nitrogen and oxygen atoms in total. The number of nitriles is 1. The summed E-state index contributed by atoms with van der Waals surface area (Å²) in [4.78, 5) is 12.3. The van der Waals surface area contributed by atoms with Crippen molar-refractivity contribution in [3.63, 3.8) is 0 Å². The fraction of sp³-hybridized carbons (Fsp3) is 0.333. The highest BCUT2D eigenvalue weighted by Crippen LogP contribution is 2.34. The number of rotatable bonds is 9. The van der Waals surface area contributed by atoms with Crippen molar-refractivity contribution in [3.8, 4) is 29.1 Å². The zero-order valence-corrected chi connectivity index (χ0v) is 17.9. The van der Waals surface area contributed by atoms with Crippen LogP contribution in [-0.4, -0.2) is 25.3 Å². The molecule has 0 fully saturated rings. The highest BCUT2D eigenvalue weighted by molar-refractivity contribution is 6.01. The molecule has 0 radical (unpaired) electrons. The van der Waals surface area contributed by atoms with E-state index in [1.54, 1.807) is 24.3 Å². The maximum absolute atomic E-state index is 12.3. The first kappa shape index (κ1) is 22.0. The summed E-state index contributed by atoms with van der Waals surface area (Å²) >= 11 is 0. The summed E-state index contributed by atoms with van der Waals surface area (Å²) in [6.45, 7) is 6.75. The molecule has 0 bridgehead atoms. The number of hydrogen-bond acceptors (Lipinski definition) is 6. The lowest BCUT2D eigenvalue weighted by atomic mass is 10.1. The minimum atomic E-state index is -0.391. The Morgan fingerprint density at radius 3 is 2.71 bits per heavy atom. The molecule has 0 unspecified atom stereocenters. The molecule has 0 saturated carbocycles. The van der Waals surface area contributed by atoms with Crippen molar-refractivity contribution in [1.82, 2.24) is 5.32 Å². The first-order valence-electron chi connectivity index (χ1n) is 10.2. The number of fused-ring (bicyclic) bond motifs is 1. The van der Waals surface area contributed by atoms with Gasteiger partial charge in [0, 0.05) is 6.04 Å². The van der Waals surface area contributed by atoms with E-state index in [9.17, 15) is 10.1 Å². The number of amides is 1. The van der Waals surface area contributed by atoms with E-state index in [-0.39, 0.29) is 18.4 Å². The average molecular weight is 422 g/mol. The molecular formula is C24H26N2O5. The molecular weight excluding hydrogens is 396 g/mol. The minimum Gasteiger partial charge on any atom is -0.490 e. The van der Waals surface area contributed by atoms with Crippen LogP contribution in [0.5, 0.6) is 23.0 Å². The molecule has 2 aromatic rings. The molecule has 0 saturated heterocycles. The SMILES string of the molecule is CCOc1cc(/C=C(\C#N)C(=O)N[C@H](C)CC)ccc1OCc1ccc2c(c1)OCO2. The third-order valence-electron chi connectivity index (χ3n) is 4.76. The monoisotopic (exact) mass is 422 g/mol. The molecule has 0 aromatic heterocycles. The van der Waals surface area contributed by atoms with E-state index in [0.717, 1.165) is 17.7 Å². The highest BCUT2D eigenvalue weighted by atomic mass is 16.7. The van der Waals surface area contributed by atoms with E-state index < -0.39 is 5.91 Å². The summed E-state index contributed by atoms with van der Waals surface area (Å²) in [5.74, 6) is 2.14. The minimum absolute atomic E-state index is 0.00445. The third-order valence-corrected chi connectivity index (χ3v) is 4.76. The van der Waals surface area contributed by atoms with Gasteiger partial charge in [-0.1, -0.05) is 19.1 Å². The molecule has 31 heavy (non-hydrogen) atoms.